The Morgan fingerprint density at radius 1 is 1.38 bits per heavy atom. The van der Waals surface area contributed by atoms with E-state index in [1.165, 1.54) is 4.68 Å². The quantitative estimate of drug-likeness (QED) is 0.721. The third kappa shape index (κ3) is 3.57. The second-order valence-corrected chi connectivity index (χ2v) is 5.69. The monoisotopic (exact) mass is 344 g/mol. The summed E-state index contributed by atoms with van der Waals surface area (Å²) in [5, 5.41) is 9.11. The van der Waals surface area contributed by atoms with Crippen LogP contribution in [0.2, 0.25) is 5.02 Å². The Balaban J connectivity index is 1.86. The summed E-state index contributed by atoms with van der Waals surface area (Å²) < 4.78 is 8.69. The standard InChI is InChI=1S/C16H17ClN6O/c1-11-8-23(16(18)21-11)20-6-12-3-4-15(24-2)13(5-12)9-22-10-14(17)7-19-22/h3-8,10H,9H2,1-2H3,(H2,18,21). The van der Waals surface area contributed by atoms with Crippen LogP contribution in [0.5, 0.6) is 5.75 Å². The summed E-state index contributed by atoms with van der Waals surface area (Å²) >= 11 is 5.91. The van der Waals surface area contributed by atoms with E-state index < -0.39 is 0 Å². The van der Waals surface area contributed by atoms with Crippen LogP contribution in [0.4, 0.5) is 5.95 Å². The van der Waals surface area contributed by atoms with Gasteiger partial charge in [-0.3, -0.25) is 4.68 Å². The van der Waals surface area contributed by atoms with E-state index in [1.807, 2.05) is 25.1 Å². The summed E-state index contributed by atoms with van der Waals surface area (Å²) in [4.78, 5) is 4.11. The van der Waals surface area contributed by atoms with Gasteiger partial charge in [0, 0.05) is 11.8 Å². The van der Waals surface area contributed by atoms with Crippen LogP contribution in [-0.2, 0) is 6.54 Å². The highest BCUT2D eigenvalue weighted by molar-refractivity contribution is 6.30. The first-order valence-electron chi connectivity index (χ1n) is 7.26. The molecule has 0 saturated carbocycles. The van der Waals surface area contributed by atoms with E-state index in [2.05, 4.69) is 15.2 Å². The lowest BCUT2D eigenvalue weighted by molar-refractivity contribution is 0.407. The van der Waals surface area contributed by atoms with Crippen LogP contribution in [0.15, 0.2) is 41.9 Å². The van der Waals surface area contributed by atoms with Crippen molar-refractivity contribution >= 4 is 23.8 Å². The van der Waals surface area contributed by atoms with Crippen molar-refractivity contribution in [2.45, 2.75) is 13.5 Å². The van der Waals surface area contributed by atoms with E-state index in [-0.39, 0.29) is 0 Å². The Morgan fingerprint density at radius 2 is 2.21 bits per heavy atom. The maximum absolute atomic E-state index is 5.91. The van der Waals surface area contributed by atoms with Crippen LogP contribution in [-0.4, -0.2) is 32.8 Å². The number of aromatic nitrogens is 4. The molecule has 2 heterocycles. The smallest absolute Gasteiger partial charge is 0.221 e. The number of halogens is 1. The zero-order valence-electron chi connectivity index (χ0n) is 13.3. The molecule has 8 heteroatoms. The predicted molar refractivity (Wildman–Crippen MR) is 93.7 cm³/mol. The molecule has 2 aromatic heterocycles. The van der Waals surface area contributed by atoms with Crippen molar-refractivity contribution in [2.24, 2.45) is 5.10 Å². The van der Waals surface area contributed by atoms with Gasteiger partial charge in [-0.05, 0) is 30.7 Å². The zero-order valence-corrected chi connectivity index (χ0v) is 14.1. The molecule has 0 aliphatic rings. The fourth-order valence-corrected chi connectivity index (χ4v) is 2.48. The van der Waals surface area contributed by atoms with Gasteiger partial charge in [-0.1, -0.05) is 11.6 Å². The molecule has 3 aromatic rings. The Morgan fingerprint density at radius 3 is 2.83 bits per heavy atom. The van der Waals surface area contributed by atoms with Crippen LogP contribution in [0.25, 0.3) is 0 Å². The lowest BCUT2D eigenvalue weighted by Gasteiger charge is -2.09. The molecular formula is C16H17ClN6O. The molecule has 0 aliphatic heterocycles. The van der Waals surface area contributed by atoms with E-state index in [4.69, 9.17) is 22.1 Å². The summed E-state index contributed by atoms with van der Waals surface area (Å²) in [5.74, 6) is 1.13. The highest BCUT2D eigenvalue weighted by Gasteiger charge is 2.06. The van der Waals surface area contributed by atoms with Gasteiger partial charge in [0.15, 0.2) is 0 Å². The number of nitrogens with zero attached hydrogens (tertiary/aromatic N) is 5. The van der Waals surface area contributed by atoms with Gasteiger partial charge in [0.2, 0.25) is 5.95 Å². The number of aryl methyl sites for hydroxylation is 1. The molecule has 124 valence electrons. The molecule has 24 heavy (non-hydrogen) atoms. The van der Waals surface area contributed by atoms with Gasteiger partial charge in [-0.25, -0.2) is 9.66 Å². The molecule has 0 aliphatic carbocycles. The molecular weight excluding hydrogens is 328 g/mol. The summed E-state index contributed by atoms with van der Waals surface area (Å²) in [5.41, 5.74) is 8.48. The predicted octanol–water partition coefficient (Wildman–Crippen LogP) is 2.56. The van der Waals surface area contributed by atoms with Crippen molar-refractivity contribution in [3.63, 3.8) is 0 Å². The third-order valence-electron chi connectivity index (χ3n) is 3.40. The highest BCUT2D eigenvalue weighted by atomic mass is 35.5. The van der Waals surface area contributed by atoms with Gasteiger partial charge in [0.25, 0.3) is 0 Å². The average Bonchev–Trinajstić information content (AvgIpc) is 3.10. The van der Waals surface area contributed by atoms with Crippen molar-refractivity contribution in [3.05, 3.63) is 58.6 Å². The maximum Gasteiger partial charge on any atom is 0.221 e. The van der Waals surface area contributed by atoms with E-state index in [0.717, 1.165) is 22.6 Å². The summed E-state index contributed by atoms with van der Waals surface area (Å²) in [7, 11) is 1.64. The van der Waals surface area contributed by atoms with Crippen LogP contribution in [0, 0.1) is 6.92 Å². The van der Waals surface area contributed by atoms with Crippen molar-refractivity contribution in [1.29, 1.82) is 0 Å². The van der Waals surface area contributed by atoms with Crippen LogP contribution >= 0.6 is 11.6 Å². The number of methoxy groups -OCH3 is 1. The Kier molecular flexibility index (Phi) is 4.52. The summed E-state index contributed by atoms with van der Waals surface area (Å²) in [6.45, 7) is 2.41. The average molecular weight is 345 g/mol. The number of hydrogen-bond acceptors (Lipinski definition) is 5. The molecule has 7 nitrogen and oxygen atoms in total. The Bertz CT molecular complexity index is 883. The molecule has 2 N–H and O–H groups in total. The van der Waals surface area contributed by atoms with Crippen molar-refractivity contribution in [2.75, 3.05) is 12.8 Å². The van der Waals surface area contributed by atoms with E-state index >= 15 is 0 Å². The van der Waals surface area contributed by atoms with Crippen molar-refractivity contribution in [3.8, 4) is 5.75 Å². The molecule has 3 rings (SSSR count). The molecule has 0 radical (unpaired) electrons. The number of nitrogen functional groups attached to an aromatic ring is 1. The Labute approximate surface area is 144 Å². The highest BCUT2D eigenvalue weighted by Crippen LogP contribution is 2.21. The van der Waals surface area contributed by atoms with Gasteiger partial charge in [0.05, 0.1) is 43.0 Å². The first kappa shape index (κ1) is 16.1. The number of benzene rings is 1. The molecule has 0 amide bonds. The largest absolute Gasteiger partial charge is 0.496 e. The Hall–Kier alpha value is -2.80. The van der Waals surface area contributed by atoms with Gasteiger partial charge < -0.3 is 10.5 Å². The lowest BCUT2D eigenvalue weighted by atomic mass is 10.1. The number of rotatable bonds is 5. The normalized spacial score (nSPS) is 11.3. The summed E-state index contributed by atoms with van der Waals surface area (Å²) in [6, 6.07) is 5.80. The minimum atomic E-state index is 0.351. The fraction of sp³-hybridized carbons (Fsp3) is 0.188. The molecule has 0 atom stereocenters. The maximum atomic E-state index is 5.91. The number of nitrogens with two attached hydrogens (primary N) is 1. The van der Waals surface area contributed by atoms with Gasteiger partial charge >= 0.3 is 0 Å². The second-order valence-electron chi connectivity index (χ2n) is 5.26. The SMILES string of the molecule is COc1ccc(C=Nn2cc(C)nc2N)cc1Cn1cc(Cl)cn1. The summed E-state index contributed by atoms with van der Waals surface area (Å²) in [6.07, 6.45) is 6.85. The van der Waals surface area contributed by atoms with Gasteiger partial charge in [-0.2, -0.15) is 10.2 Å². The number of hydrogen-bond donors (Lipinski definition) is 1. The number of ether oxygens (including phenoxy) is 1. The van der Waals surface area contributed by atoms with E-state index in [0.29, 0.717) is 17.5 Å². The molecule has 1 aromatic carbocycles. The topological polar surface area (TPSA) is 83.2 Å². The molecule has 0 spiro atoms. The van der Waals surface area contributed by atoms with E-state index in [1.54, 1.807) is 36.6 Å². The van der Waals surface area contributed by atoms with Gasteiger partial charge in [0.1, 0.15) is 5.75 Å². The van der Waals surface area contributed by atoms with Crippen LogP contribution in [0.1, 0.15) is 16.8 Å². The molecule has 0 unspecified atom stereocenters. The minimum absolute atomic E-state index is 0.351. The van der Waals surface area contributed by atoms with E-state index in [9.17, 15) is 0 Å². The molecule has 0 saturated heterocycles. The fourth-order valence-electron chi connectivity index (χ4n) is 2.33. The lowest BCUT2D eigenvalue weighted by Crippen LogP contribution is -2.03. The van der Waals surface area contributed by atoms with Crippen molar-refractivity contribution < 1.29 is 4.74 Å². The first-order valence-corrected chi connectivity index (χ1v) is 7.63. The number of anilines is 1. The first-order chi connectivity index (χ1) is 11.5. The van der Waals surface area contributed by atoms with Gasteiger partial charge in [-0.15, -0.1) is 0 Å². The minimum Gasteiger partial charge on any atom is -0.496 e. The second kappa shape index (κ2) is 6.76. The van der Waals surface area contributed by atoms with Crippen LogP contribution < -0.4 is 10.5 Å². The molecule has 0 fully saturated rings. The van der Waals surface area contributed by atoms with Crippen molar-refractivity contribution in [1.82, 2.24) is 19.4 Å². The molecule has 0 bridgehead atoms. The number of imidazole rings is 1. The third-order valence-corrected chi connectivity index (χ3v) is 3.60. The zero-order chi connectivity index (χ0) is 17.1. The van der Waals surface area contributed by atoms with Crippen LogP contribution in [0.3, 0.4) is 0 Å².